The van der Waals surface area contributed by atoms with Gasteiger partial charge in [0.25, 0.3) is 5.91 Å². The quantitative estimate of drug-likeness (QED) is 0.871. The summed E-state index contributed by atoms with van der Waals surface area (Å²) in [5.74, 6) is 0.996. The number of hydrogen-bond acceptors (Lipinski definition) is 3. The normalized spacial score (nSPS) is 12.4. The van der Waals surface area contributed by atoms with E-state index in [2.05, 4.69) is 50.4 Å². The van der Waals surface area contributed by atoms with Gasteiger partial charge in [-0.1, -0.05) is 45.0 Å². The van der Waals surface area contributed by atoms with Crippen LogP contribution in [0.3, 0.4) is 0 Å². The number of carbonyl (C=O) groups is 1. The standard InChI is InChI=1S/C21H27NO3/c1-14(15-7-10-17(11-8-15)21(2,3)4)22-20(23)16-9-12-18(24-5)19(13-16)25-6/h7-14H,1-6H3,(H,22,23). The SMILES string of the molecule is COc1ccc(C(=O)NC(C)c2ccc(C(C)(C)C)cc2)cc1OC. The van der Waals surface area contributed by atoms with Gasteiger partial charge in [-0.2, -0.15) is 0 Å². The molecule has 0 aliphatic carbocycles. The summed E-state index contributed by atoms with van der Waals surface area (Å²) in [6, 6.07) is 13.4. The van der Waals surface area contributed by atoms with Gasteiger partial charge in [0, 0.05) is 5.56 Å². The van der Waals surface area contributed by atoms with E-state index in [0.717, 1.165) is 5.56 Å². The van der Waals surface area contributed by atoms with E-state index in [1.807, 2.05) is 6.92 Å². The fourth-order valence-corrected chi connectivity index (χ4v) is 2.61. The molecule has 2 aromatic carbocycles. The molecule has 2 rings (SSSR count). The van der Waals surface area contributed by atoms with Gasteiger partial charge < -0.3 is 14.8 Å². The Morgan fingerprint density at radius 2 is 1.56 bits per heavy atom. The number of carbonyl (C=O) groups excluding carboxylic acids is 1. The third-order valence-electron chi connectivity index (χ3n) is 4.27. The summed E-state index contributed by atoms with van der Waals surface area (Å²) >= 11 is 0. The largest absolute Gasteiger partial charge is 0.493 e. The van der Waals surface area contributed by atoms with E-state index in [1.54, 1.807) is 32.4 Å². The predicted octanol–water partition coefficient (Wildman–Crippen LogP) is 4.49. The average Bonchev–Trinajstić information content (AvgIpc) is 2.60. The van der Waals surface area contributed by atoms with Gasteiger partial charge in [0.15, 0.2) is 11.5 Å². The molecule has 1 amide bonds. The highest BCUT2D eigenvalue weighted by Gasteiger charge is 2.16. The van der Waals surface area contributed by atoms with Crippen molar-refractivity contribution in [1.82, 2.24) is 5.32 Å². The van der Waals surface area contributed by atoms with Crippen LogP contribution in [0.2, 0.25) is 0 Å². The summed E-state index contributed by atoms with van der Waals surface area (Å²) in [6.07, 6.45) is 0. The molecule has 0 saturated heterocycles. The molecule has 0 saturated carbocycles. The topological polar surface area (TPSA) is 47.6 Å². The Labute approximate surface area is 150 Å². The summed E-state index contributed by atoms with van der Waals surface area (Å²) in [7, 11) is 3.12. The molecule has 25 heavy (non-hydrogen) atoms. The second kappa shape index (κ2) is 7.60. The van der Waals surface area contributed by atoms with E-state index < -0.39 is 0 Å². The van der Waals surface area contributed by atoms with E-state index in [9.17, 15) is 4.79 Å². The van der Waals surface area contributed by atoms with Crippen molar-refractivity contribution in [3.8, 4) is 11.5 Å². The van der Waals surface area contributed by atoms with Crippen LogP contribution in [0.25, 0.3) is 0 Å². The second-order valence-corrected chi connectivity index (χ2v) is 7.14. The molecule has 1 atom stereocenters. The third-order valence-corrected chi connectivity index (χ3v) is 4.27. The zero-order chi connectivity index (χ0) is 18.6. The molecule has 0 aliphatic heterocycles. The Bertz CT molecular complexity index is 730. The molecule has 4 nitrogen and oxygen atoms in total. The molecule has 0 fully saturated rings. The highest BCUT2D eigenvalue weighted by atomic mass is 16.5. The Morgan fingerprint density at radius 3 is 2.08 bits per heavy atom. The molecule has 0 spiro atoms. The van der Waals surface area contributed by atoms with Gasteiger partial charge in [-0.05, 0) is 41.7 Å². The van der Waals surface area contributed by atoms with Gasteiger partial charge in [-0.25, -0.2) is 0 Å². The Hall–Kier alpha value is -2.49. The first-order valence-corrected chi connectivity index (χ1v) is 8.39. The van der Waals surface area contributed by atoms with E-state index in [4.69, 9.17) is 9.47 Å². The van der Waals surface area contributed by atoms with Gasteiger partial charge >= 0.3 is 0 Å². The highest BCUT2D eigenvalue weighted by Crippen LogP contribution is 2.28. The van der Waals surface area contributed by atoms with Crippen LogP contribution in [0.4, 0.5) is 0 Å². The molecule has 1 unspecified atom stereocenters. The van der Waals surface area contributed by atoms with Crippen molar-refractivity contribution < 1.29 is 14.3 Å². The van der Waals surface area contributed by atoms with E-state index >= 15 is 0 Å². The van der Waals surface area contributed by atoms with Crippen molar-refractivity contribution in [1.29, 1.82) is 0 Å². The van der Waals surface area contributed by atoms with Gasteiger partial charge in [-0.3, -0.25) is 4.79 Å². The molecule has 0 bridgehead atoms. The maximum atomic E-state index is 12.5. The molecular formula is C21H27NO3. The average molecular weight is 341 g/mol. The minimum atomic E-state index is -0.145. The lowest BCUT2D eigenvalue weighted by atomic mass is 9.86. The minimum absolute atomic E-state index is 0.0883. The van der Waals surface area contributed by atoms with E-state index in [1.165, 1.54) is 5.56 Å². The molecule has 0 aliphatic rings. The fraction of sp³-hybridized carbons (Fsp3) is 0.381. The summed E-state index contributed by atoms with van der Waals surface area (Å²) < 4.78 is 10.5. The molecule has 0 aromatic heterocycles. The van der Waals surface area contributed by atoms with Gasteiger partial charge in [0.2, 0.25) is 0 Å². The monoisotopic (exact) mass is 341 g/mol. The Morgan fingerprint density at radius 1 is 0.960 bits per heavy atom. The summed E-state index contributed by atoms with van der Waals surface area (Å²) in [4.78, 5) is 12.5. The number of hydrogen-bond donors (Lipinski definition) is 1. The Balaban J connectivity index is 2.12. The first-order valence-electron chi connectivity index (χ1n) is 8.39. The maximum absolute atomic E-state index is 12.5. The van der Waals surface area contributed by atoms with Crippen LogP contribution in [-0.4, -0.2) is 20.1 Å². The van der Waals surface area contributed by atoms with Gasteiger partial charge in [0.1, 0.15) is 0 Å². The number of methoxy groups -OCH3 is 2. The molecule has 0 radical (unpaired) electrons. The van der Waals surface area contributed by atoms with Crippen LogP contribution in [0.5, 0.6) is 11.5 Å². The zero-order valence-electron chi connectivity index (χ0n) is 15.8. The molecule has 1 N–H and O–H groups in total. The number of rotatable bonds is 5. The third kappa shape index (κ3) is 4.53. The van der Waals surface area contributed by atoms with Crippen LogP contribution >= 0.6 is 0 Å². The first kappa shape index (κ1) is 18.8. The molecule has 134 valence electrons. The van der Waals surface area contributed by atoms with Crippen LogP contribution in [0, 0.1) is 0 Å². The van der Waals surface area contributed by atoms with Crippen LogP contribution < -0.4 is 14.8 Å². The van der Waals surface area contributed by atoms with Gasteiger partial charge in [-0.15, -0.1) is 0 Å². The smallest absolute Gasteiger partial charge is 0.251 e. The van der Waals surface area contributed by atoms with Crippen molar-refractivity contribution in [3.05, 3.63) is 59.2 Å². The lowest BCUT2D eigenvalue weighted by Crippen LogP contribution is -2.26. The van der Waals surface area contributed by atoms with Crippen molar-refractivity contribution in [2.24, 2.45) is 0 Å². The van der Waals surface area contributed by atoms with E-state index in [-0.39, 0.29) is 17.4 Å². The first-order chi connectivity index (χ1) is 11.8. The molecular weight excluding hydrogens is 314 g/mol. The zero-order valence-corrected chi connectivity index (χ0v) is 15.8. The fourth-order valence-electron chi connectivity index (χ4n) is 2.61. The van der Waals surface area contributed by atoms with Crippen LogP contribution in [-0.2, 0) is 5.41 Å². The molecule has 2 aromatic rings. The van der Waals surface area contributed by atoms with Crippen LogP contribution in [0.1, 0.15) is 55.2 Å². The van der Waals surface area contributed by atoms with Crippen molar-refractivity contribution in [2.75, 3.05) is 14.2 Å². The minimum Gasteiger partial charge on any atom is -0.493 e. The lowest BCUT2D eigenvalue weighted by molar-refractivity contribution is 0.0939. The molecule has 4 heteroatoms. The molecule has 0 heterocycles. The van der Waals surface area contributed by atoms with Crippen molar-refractivity contribution >= 4 is 5.91 Å². The number of amides is 1. The number of benzene rings is 2. The lowest BCUT2D eigenvalue weighted by Gasteiger charge is -2.21. The second-order valence-electron chi connectivity index (χ2n) is 7.14. The van der Waals surface area contributed by atoms with Crippen LogP contribution in [0.15, 0.2) is 42.5 Å². The summed E-state index contributed by atoms with van der Waals surface area (Å²) in [5.41, 5.74) is 3.00. The van der Waals surface area contributed by atoms with Crippen molar-refractivity contribution in [2.45, 2.75) is 39.2 Å². The van der Waals surface area contributed by atoms with Gasteiger partial charge in [0.05, 0.1) is 20.3 Å². The van der Waals surface area contributed by atoms with E-state index in [0.29, 0.717) is 17.1 Å². The number of nitrogens with one attached hydrogen (secondary N) is 1. The summed E-state index contributed by atoms with van der Waals surface area (Å²) in [6.45, 7) is 8.53. The highest BCUT2D eigenvalue weighted by molar-refractivity contribution is 5.95. The van der Waals surface area contributed by atoms with Crippen molar-refractivity contribution in [3.63, 3.8) is 0 Å². The number of ether oxygens (including phenoxy) is 2. The maximum Gasteiger partial charge on any atom is 0.251 e. The Kier molecular flexibility index (Phi) is 5.73. The predicted molar refractivity (Wildman–Crippen MR) is 101 cm³/mol. The summed E-state index contributed by atoms with van der Waals surface area (Å²) in [5, 5.41) is 3.02.